The number of para-hydroxylation sites is 2. The molecule has 2 atom stereocenters. The van der Waals surface area contributed by atoms with E-state index in [2.05, 4.69) is 18.9 Å². The quantitative estimate of drug-likeness (QED) is 0.638. The van der Waals surface area contributed by atoms with Crippen LogP contribution in [0.2, 0.25) is 0 Å². The molecule has 1 aliphatic rings. The molecule has 1 fully saturated rings. The number of ether oxygens (including phenoxy) is 1. The summed E-state index contributed by atoms with van der Waals surface area (Å²) in [5, 5.41) is 0. The Balaban J connectivity index is 1.66. The lowest BCUT2D eigenvalue weighted by Crippen LogP contribution is -2.36. The molecule has 0 radical (unpaired) electrons. The van der Waals surface area contributed by atoms with Gasteiger partial charge < -0.3 is 15.4 Å². The molecule has 20 heavy (non-hydrogen) atoms. The first-order valence-corrected chi connectivity index (χ1v) is 7.84. The van der Waals surface area contributed by atoms with Gasteiger partial charge in [0, 0.05) is 12.6 Å². The fraction of sp³-hybridized carbons (Fsp3) is 0.647. The summed E-state index contributed by atoms with van der Waals surface area (Å²) in [6.45, 7) is 4.21. The molecule has 2 unspecified atom stereocenters. The van der Waals surface area contributed by atoms with Crippen molar-refractivity contribution >= 4 is 5.69 Å². The first-order valence-electron chi connectivity index (χ1n) is 7.84. The van der Waals surface area contributed by atoms with Gasteiger partial charge in [-0.25, -0.2) is 0 Å². The van der Waals surface area contributed by atoms with Crippen molar-refractivity contribution in [3.8, 4) is 5.75 Å². The lowest BCUT2D eigenvalue weighted by Gasteiger charge is -2.34. The van der Waals surface area contributed by atoms with E-state index in [9.17, 15) is 0 Å². The van der Waals surface area contributed by atoms with Crippen LogP contribution in [0.5, 0.6) is 5.75 Å². The van der Waals surface area contributed by atoms with Gasteiger partial charge in [-0.3, -0.25) is 0 Å². The van der Waals surface area contributed by atoms with Crippen LogP contribution >= 0.6 is 0 Å². The average molecular weight is 276 g/mol. The molecular weight excluding hydrogens is 248 g/mol. The molecule has 0 bridgehead atoms. The Morgan fingerprint density at radius 1 is 1.30 bits per heavy atom. The Morgan fingerprint density at radius 2 is 2.10 bits per heavy atom. The van der Waals surface area contributed by atoms with Crippen molar-refractivity contribution in [1.29, 1.82) is 0 Å². The van der Waals surface area contributed by atoms with Gasteiger partial charge in [-0.05, 0) is 44.4 Å². The second-order valence-corrected chi connectivity index (χ2v) is 6.15. The summed E-state index contributed by atoms with van der Waals surface area (Å²) in [5.74, 6) is 1.69. The minimum Gasteiger partial charge on any atom is -0.491 e. The van der Waals surface area contributed by atoms with E-state index in [4.69, 9.17) is 10.5 Å². The van der Waals surface area contributed by atoms with Gasteiger partial charge in [0.05, 0.1) is 12.3 Å². The maximum absolute atomic E-state index is 5.86. The van der Waals surface area contributed by atoms with Gasteiger partial charge in [0.25, 0.3) is 0 Å². The smallest absolute Gasteiger partial charge is 0.142 e. The molecule has 1 aromatic carbocycles. The van der Waals surface area contributed by atoms with Gasteiger partial charge in [0.15, 0.2) is 0 Å². The third-order valence-electron chi connectivity index (χ3n) is 4.36. The Labute approximate surface area is 123 Å². The van der Waals surface area contributed by atoms with E-state index >= 15 is 0 Å². The molecule has 2 rings (SSSR count). The summed E-state index contributed by atoms with van der Waals surface area (Å²) >= 11 is 0. The first kappa shape index (κ1) is 15.2. The summed E-state index contributed by atoms with van der Waals surface area (Å²) in [6, 6.07) is 8.47. The first-order chi connectivity index (χ1) is 9.66. The van der Waals surface area contributed by atoms with Gasteiger partial charge in [-0.15, -0.1) is 0 Å². The van der Waals surface area contributed by atoms with Crippen LogP contribution in [0.3, 0.4) is 0 Å². The summed E-state index contributed by atoms with van der Waals surface area (Å²) in [7, 11) is 2.25. The number of rotatable bonds is 6. The van der Waals surface area contributed by atoms with Gasteiger partial charge >= 0.3 is 0 Å². The third-order valence-corrected chi connectivity index (χ3v) is 4.36. The number of hydrogen-bond donors (Lipinski definition) is 1. The molecule has 1 saturated carbocycles. The number of nitrogens with zero attached hydrogens (tertiary/aromatic N) is 1. The topological polar surface area (TPSA) is 38.5 Å². The second-order valence-electron chi connectivity index (χ2n) is 6.15. The second kappa shape index (κ2) is 7.53. The molecule has 1 aromatic rings. The molecule has 0 saturated heterocycles. The molecule has 0 aliphatic heterocycles. The molecule has 3 heteroatoms. The molecule has 1 aliphatic carbocycles. The summed E-state index contributed by atoms with van der Waals surface area (Å²) in [4.78, 5) is 2.51. The standard InChI is InChI=1S/C17H28N2O/c1-14-7-5-8-15(13-14)19(2)11-6-12-20-17-10-4-3-9-16(17)18/h3-4,9-10,14-15H,5-8,11-13,18H2,1-2H3. The summed E-state index contributed by atoms with van der Waals surface area (Å²) in [6.07, 6.45) is 6.54. The van der Waals surface area contributed by atoms with Crippen LogP contribution in [0, 0.1) is 5.92 Å². The zero-order valence-corrected chi connectivity index (χ0v) is 12.8. The normalized spacial score (nSPS) is 22.9. The zero-order chi connectivity index (χ0) is 14.4. The van der Waals surface area contributed by atoms with Crippen molar-refractivity contribution in [3.63, 3.8) is 0 Å². The highest BCUT2D eigenvalue weighted by molar-refractivity contribution is 5.51. The highest BCUT2D eigenvalue weighted by Crippen LogP contribution is 2.26. The fourth-order valence-electron chi connectivity index (χ4n) is 3.09. The van der Waals surface area contributed by atoms with Crippen molar-refractivity contribution in [3.05, 3.63) is 24.3 Å². The van der Waals surface area contributed by atoms with Crippen LogP contribution in [-0.2, 0) is 0 Å². The Morgan fingerprint density at radius 3 is 2.85 bits per heavy atom. The number of anilines is 1. The van der Waals surface area contributed by atoms with Crippen molar-refractivity contribution in [2.75, 3.05) is 25.9 Å². The van der Waals surface area contributed by atoms with E-state index in [1.54, 1.807) is 0 Å². The van der Waals surface area contributed by atoms with E-state index in [1.165, 1.54) is 25.7 Å². The number of nitrogens with two attached hydrogens (primary N) is 1. The number of nitrogen functional groups attached to an aromatic ring is 1. The predicted octanol–water partition coefficient (Wildman–Crippen LogP) is 3.55. The maximum atomic E-state index is 5.86. The van der Waals surface area contributed by atoms with E-state index < -0.39 is 0 Å². The molecule has 0 spiro atoms. The zero-order valence-electron chi connectivity index (χ0n) is 12.8. The van der Waals surface area contributed by atoms with E-state index in [1.807, 2.05) is 24.3 Å². The Kier molecular flexibility index (Phi) is 5.72. The van der Waals surface area contributed by atoms with E-state index in [0.717, 1.165) is 43.0 Å². The molecule has 0 heterocycles. The summed E-state index contributed by atoms with van der Waals surface area (Å²) < 4.78 is 5.74. The van der Waals surface area contributed by atoms with Crippen LogP contribution in [-0.4, -0.2) is 31.1 Å². The monoisotopic (exact) mass is 276 g/mol. The SMILES string of the molecule is CC1CCCC(N(C)CCCOc2ccccc2N)C1. The predicted molar refractivity (Wildman–Crippen MR) is 85.0 cm³/mol. The van der Waals surface area contributed by atoms with Crippen LogP contribution in [0.4, 0.5) is 5.69 Å². The number of benzene rings is 1. The van der Waals surface area contributed by atoms with Crippen molar-refractivity contribution in [2.45, 2.75) is 45.1 Å². The van der Waals surface area contributed by atoms with Crippen LogP contribution in [0.15, 0.2) is 24.3 Å². The third kappa shape index (κ3) is 4.41. The van der Waals surface area contributed by atoms with Gasteiger partial charge in [0.1, 0.15) is 5.75 Å². The average Bonchev–Trinajstić information content (AvgIpc) is 2.45. The van der Waals surface area contributed by atoms with E-state index in [0.29, 0.717) is 0 Å². The van der Waals surface area contributed by atoms with Crippen molar-refractivity contribution in [1.82, 2.24) is 4.90 Å². The lowest BCUT2D eigenvalue weighted by atomic mass is 9.86. The molecular formula is C17H28N2O. The van der Waals surface area contributed by atoms with Crippen LogP contribution in [0.25, 0.3) is 0 Å². The minimum atomic E-state index is 0.724. The van der Waals surface area contributed by atoms with Crippen LogP contribution in [0.1, 0.15) is 39.0 Å². The van der Waals surface area contributed by atoms with Crippen molar-refractivity contribution < 1.29 is 4.74 Å². The maximum Gasteiger partial charge on any atom is 0.142 e. The minimum absolute atomic E-state index is 0.724. The highest BCUT2D eigenvalue weighted by atomic mass is 16.5. The molecule has 0 aromatic heterocycles. The van der Waals surface area contributed by atoms with Gasteiger partial charge in [0.2, 0.25) is 0 Å². The lowest BCUT2D eigenvalue weighted by molar-refractivity contribution is 0.154. The van der Waals surface area contributed by atoms with Crippen molar-refractivity contribution in [2.24, 2.45) is 5.92 Å². The fourth-order valence-corrected chi connectivity index (χ4v) is 3.09. The molecule has 0 amide bonds. The highest BCUT2D eigenvalue weighted by Gasteiger charge is 2.21. The van der Waals surface area contributed by atoms with Gasteiger partial charge in [-0.2, -0.15) is 0 Å². The van der Waals surface area contributed by atoms with Gasteiger partial charge in [-0.1, -0.05) is 31.9 Å². The summed E-state index contributed by atoms with van der Waals surface area (Å²) in [5.41, 5.74) is 6.58. The number of hydrogen-bond acceptors (Lipinski definition) is 3. The molecule has 3 nitrogen and oxygen atoms in total. The van der Waals surface area contributed by atoms with E-state index in [-0.39, 0.29) is 0 Å². The van der Waals surface area contributed by atoms with Crippen LogP contribution < -0.4 is 10.5 Å². The molecule has 112 valence electrons. The molecule has 2 N–H and O–H groups in total. The largest absolute Gasteiger partial charge is 0.491 e. The Bertz CT molecular complexity index is 408. The Hall–Kier alpha value is -1.22.